The van der Waals surface area contributed by atoms with Gasteiger partial charge in [0, 0.05) is 13.5 Å². The Morgan fingerprint density at radius 1 is 1.17 bits per heavy atom. The molecule has 0 fully saturated rings. The van der Waals surface area contributed by atoms with Crippen molar-refractivity contribution >= 4 is 27.0 Å². The van der Waals surface area contributed by atoms with E-state index in [0.29, 0.717) is 12.1 Å². The Bertz CT molecular complexity index is 993. The molecule has 0 aliphatic rings. The summed E-state index contributed by atoms with van der Waals surface area (Å²) in [6.07, 6.45) is 0.484. The van der Waals surface area contributed by atoms with Crippen LogP contribution in [-0.4, -0.2) is 16.7 Å². The van der Waals surface area contributed by atoms with Gasteiger partial charge in [-0.2, -0.15) is 0 Å². The molecule has 5 heteroatoms. The summed E-state index contributed by atoms with van der Waals surface area (Å²) in [4.78, 5) is 17.3. The maximum Gasteiger partial charge on any atom is 0.272 e. The molecule has 3 aromatic rings. The molecule has 124 valence electrons. The second kappa shape index (κ2) is 6.40. The third-order valence-electron chi connectivity index (χ3n) is 4.35. The zero-order valence-electron chi connectivity index (χ0n) is 14.2. The van der Waals surface area contributed by atoms with E-state index in [-0.39, 0.29) is 5.56 Å². The van der Waals surface area contributed by atoms with Crippen LogP contribution in [0.25, 0.3) is 11.0 Å². The van der Waals surface area contributed by atoms with Gasteiger partial charge in [-0.3, -0.25) is 4.79 Å². The van der Waals surface area contributed by atoms with E-state index in [1.54, 1.807) is 18.7 Å². The van der Waals surface area contributed by atoms with Crippen LogP contribution in [0.5, 0.6) is 5.75 Å². The van der Waals surface area contributed by atoms with Gasteiger partial charge in [0.15, 0.2) is 0 Å². The summed E-state index contributed by atoms with van der Waals surface area (Å²) in [6, 6.07) is 9.86. The van der Waals surface area contributed by atoms with Crippen LogP contribution in [0.3, 0.4) is 0 Å². The molecule has 0 amide bonds. The highest BCUT2D eigenvalue weighted by molar-refractivity contribution is 9.10. The number of hydrogen-bond acceptors (Lipinski definition) is 3. The van der Waals surface area contributed by atoms with Crippen molar-refractivity contribution in [2.45, 2.75) is 20.3 Å². The van der Waals surface area contributed by atoms with E-state index >= 15 is 0 Å². The summed E-state index contributed by atoms with van der Waals surface area (Å²) in [5, 5.41) is 0. The number of fused-ring (bicyclic) bond motifs is 1. The van der Waals surface area contributed by atoms with Crippen LogP contribution in [0.2, 0.25) is 0 Å². The zero-order chi connectivity index (χ0) is 17.4. The van der Waals surface area contributed by atoms with Gasteiger partial charge in [0.05, 0.1) is 22.6 Å². The number of aromatic nitrogens is 2. The molecule has 0 radical (unpaired) electrons. The van der Waals surface area contributed by atoms with Crippen molar-refractivity contribution in [2.75, 3.05) is 7.11 Å². The molecule has 0 atom stereocenters. The lowest BCUT2D eigenvalue weighted by atomic mass is 10.1. The molecule has 0 N–H and O–H groups in total. The maximum absolute atomic E-state index is 12.7. The van der Waals surface area contributed by atoms with Gasteiger partial charge in [-0.05, 0) is 70.7 Å². The average molecular weight is 387 g/mol. The minimum atomic E-state index is -0.0577. The molecule has 4 nitrogen and oxygen atoms in total. The zero-order valence-corrected chi connectivity index (χ0v) is 15.8. The number of methoxy groups -OCH3 is 1. The quantitative estimate of drug-likeness (QED) is 0.685. The number of hydrogen-bond donors (Lipinski definition) is 0. The highest BCUT2D eigenvalue weighted by Crippen LogP contribution is 2.26. The van der Waals surface area contributed by atoms with E-state index in [0.717, 1.165) is 32.4 Å². The topological polar surface area (TPSA) is 44.1 Å². The smallest absolute Gasteiger partial charge is 0.272 e. The molecule has 1 aromatic heterocycles. The Labute approximate surface area is 149 Å². The first kappa shape index (κ1) is 16.7. The molecule has 0 spiro atoms. The molecule has 0 aliphatic carbocycles. The third-order valence-corrected chi connectivity index (χ3v) is 4.97. The Morgan fingerprint density at radius 3 is 2.54 bits per heavy atom. The van der Waals surface area contributed by atoms with Crippen LogP contribution in [0.4, 0.5) is 0 Å². The van der Waals surface area contributed by atoms with Gasteiger partial charge in [0.25, 0.3) is 5.56 Å². The summed E-state index contributed by atoms with van der Waals surface area (Å²) < 4.78 is 7.80. The number of rotatable bonds is 3. The van der Waals surface area contributed by atoms with E-state index < -0.39 is 0 Å². The van der Waals surface area contributed by atoms with Crippen LogP contribution < -0.4 is 10.3 Å². The number of halogens is 1. The van der Waals surface area contributed by atoms with Crippen molar-refractivity contribution in [2.24, 2.45) is 7.05 Å². The predicted octanol–water partition coefficient (Wildman–Crippen LogP) is 3.91. The van der Waals surface area contributed by atoms with Crippen molar-refractivity contribution in [3.8, 4) is 5.75 Å². The summed E-state index contributed by atoms with van der Waals surface area (Å²) in [6.45, 7) is 4.10. The monoisotopic (exact) mass is 386 g/mol. The first-order valence-electron chi connectivity index (χ1n) is 7.70. The fourth-order valence-corrected chi connectivity index (χ4v) is 3.36. The van der Waals surface area contributed by atoms with Crippen molar-refractivity contribution < 1.29 is 4.74 Å². The van der Waals surface area contributed by atoms with Crippen LogP contribution in [0.1, 0.15) is 22.4 Å². The lowest BCUT2D eigenvalue weighted by Crippen LogP contribution is -2.23. The van der Waals surface area contributed by atoms with E-state index in [9.17, 15) is 4.79 Å². The van der Waals surface area contributed by atoms with Gasteiger partial charge in [-0.25, -0.2) is 4.98 Å². The molecule has 0 unspecified atom stereocenters. The minimum absolute atomic E-state index is 0.0577. The highest BCUT2D eigenvalue weighted by atomic mass is 79.9. The van der Waals surface area contributed by atoms with E-state index in [1.165, 1.54) is 5.56 Å². The van der Waals surface area contributed by atoms with Crippen molar-refractivity contribution in [1.29, 1.82) is 0 Å². The summed E-state index contributed by atoms with van der Waals surface area (Å²) >= 11 is 3.48. The van der Waals surface area contributed by atoms with Gasteiger partial charge in [0.1, 0.15) is 11.4 Å². The SMILES string of the molecule is COc1ccc(Cc2nc3cc(C)c(C)cc3n(C)c2=O)cc1Br. The molecule has 2 aromatic carbocycles. The summed E-state index contributed by atoms with van der Waals surface area (Å²) in [5.74, 6) is 0.768. The lowest BCUT2D eigenvalue weighted by molar-refractivity contribution is 0.412. The third kappa shape index (κ3) is 2.96. The van der Waals surface area contributed by atoms with Crippen molar-refractivity contribution in [3.63, 3.8) is 0 Å². The lowest BCUT2D eigenvalue weighted by Gasteiger charge is -2.11. The largest absolute Gasteiger partial charge is 0.496 e. The maximum atomic E-state index is 12.7. The Hall–Kier alpha value is -2.14. The van der Waals surface area contributed by atoms with Crippen LogP contribution in [0.15, 0.2) is 39.6 Å². The standard InChI is InChI=1S/C19H19BrN2O2/c1-11-7-15-17(8-12(11)2)22(3)19(23)16(21-15)10-13-5-6-18(24-4)14(20)9-13/h5-9H,10H2,1-4H3. The fraction of sp³-hybridized carbons (Fsp3) is 0.263. The molecule has 3 rings (SSSR count). The Balaban J connectivity index is 2.10. The van der Waals surface area contributed by atoms with E-state index in [2.05, 4.69) is 27.8 Å². The molecular formula is C19H19BrN2O2. The number of aryl methyl sites for hydroxylation is 3. The number of ether oxygens (including phenoxy) is 1. The summed E-state index contributed by atoms with van der Waals surface area (Å²) in [5.41, 5.74) is 5.54. The Kier molecular flexibility index (Phi) is 4.45. The van der Waals surface area contributed by atoms with Gasteiger partial charge in [0.2, 0.25) is 0 Å². The fourth-order valence-electron chi connectivity index (χ4n) is 2.77. The van der Waals surface area contributed by atoms with Gasteiger partial charge in [-0.15, -0.1) is 0 Å². The Morgan fingerprint density at radius 2 is 1.88 bits per heavy atom. The van der Waals surface area contributed by atoms with Crippen LogP contribution >= 0.6 is 15.9 Å². The molecule has 0 aliphatic heterocycles. The van der Waals surface area contributed by atoms with Gasteiger partial charge >= 0.3 is 0 Å². The second-order valence-electron chi connectivity index (χ2n) is 5.99. The molecule has 1 heterocycles. The number of benzene rings is 2. The van der Waals surface area contributed by atoms with E-state index in [4.69, 9.17) is 4.74 Å². The summed E-state index contributed by atoms with van der Waals surface area (Å²) in [7, 11) is 3.43. The first-order valence-corrected chi connectivity index (χ1v) is 8.49. The first-order chi connectivity index (χ1) is 11.4. The minimum Gasteiger partial charge on any atom is -0.496 e. The van der Waals surface area contributed by atoms with Crippen molar-refractivity contribution in [3.05, 3.63) is 67.5 Å². The molecular weight excluding hydrogens is 368 g/mol. The second-order valence-corrected chi connectivity index (χ2v) is 6.85. The van der Waals surface area contributed by atoms with Crippen molar-refractivity contribution in [1.82, 2.24) is 9.55 Å². The normalized spacial score (nSPS) is 11.0. The van der Waals surface area contributed by atoms with Gasteiger partial charge < -0.3 is 9.30 Å². The van der Waals surface area contributed by atoms with Crippen LogP contribution in [0, 0.1) is 13.8 Å². The molecule has 24 heavy (non-hydrogen) atoms. The predicted molar refractivity (Wildman–Crippen MR) is 100.0 cm³/mol. The van der Waals surface area contributed by atoms with Gasteiger partial charge in [-0.1, -0.05) is 6.07 Å². The van der Waals surface area contributed by atoms with E-state index in [1.807, 2.05) is 37.3 Å². The molecule has 0 saturated carbocycles. The highest BCUT2D eigenvalue weighted by Gasteiger charge is 2.11. The molecule has 0 saturated heterocycles. The number of nitrogens with zero attached hydrogens (tertiary/aromatic N) is 2. The van der Waals surface area contributed by atoms with Crippen LogP contribution in [-0.2, 0) is 13.5 Å². The molecule has 0 bridgehead atoms. The average Bonchev–Trinajstić information content (AvgIpc) is 2.55.